The van der Waals surface area contributed by atoms with Crippen molar-refractivity contribution < 1.29 is 19.4 Å². The summed E-state index contributed by atoms with van der Waals surface area (Å²) in [5, 5.41) is 12.1. The standard InChI is InChI=1S/C57H65NO4/c1-9-13-15-41(11-3)35-61-49-23-17-43(18-24-49)45-21-27-53-51(33-45)52-34-46(44-19-25-50(26-20-44)62-36-42(12-4)16-14-10-2)22-28-54(52)58(53)48-31-39(7)56(40(8)32-48)55-37(5)29-47(57(59)60)30-38(55)6/h17-34,41-42H,9-16,35-36H2,1-8H3,(H,59,60). The van der Waals surface area contributed by atoms with Crippen LogP contribution in [0, 0.1) is 39.5 Å². The van der Waals surface area contributed by atoms with Gasteiger partial charge in [-0.1, -0.05) is 103 Å². The molecule has 7 aromatic rings. The van der Waals surface area contributed by atoms with Gasteiger partial charge in [-0.25, -0.2) is 4.79 Å². The molecule has 0 radical (unpaired) electrons. The molecule has 62 heavy (non-hydrogen) atoms. The van der Waals surface area contributed by atoms with E-state index >= 15 is 0 Å². The maximum atomic E-state index is 11.9. The second-order valence-electron chi connectivity index (χ2n) is 17.5. The molecule has 0 aliphatic heterocycles. The molecule has 0 saturated heterocycles. The lowest BCUT2D eigenvalue weighted by molar-refractivity contribution is 0.0696. The first kappa shape index (κ1) is 44.3. The number of hydrogen-bond donors (Lipinski definition) is 1. The number of aromatic carboxylic acids is 1. The number of rotatable bonds is 19. The van der Waals surface area contributed by atoms with Gasteiger partial charge in [-0.2, -0.15) is 0 Å². The largest absolute Gasteiger partial charge is 0.493 e. The molecule has 2 atom stereocenters. The van der Waals surface area contributed by atoms with Crippen LogP contribution in [0.4, 0.5) is 0 Å². The van der Waals surface area contributed by atoms with Gasteiger partial charge in [0, 0.05) is 16.5 Å². The Morgan fingerprint density at radius 2 is 0.919 bits per heavy atom. The average Bonchev–Trinajstić information content (AvgIpc) is 3.60. The van der Waals surface area contributed by atoms with Crippen LogP contribution in [-0.2, 0) is 0 Å². The normalized spacial score (nSPS) is 12.5. The van der Waals surface area contributed by atoms with E-state index in [9.17, 15) is 9.90 Å². The summed E-state index contributed by atoms with van der Waals surface area (Å²) in [6, 6.07) is 39.0. The van der Waals surface area contributed by atoms with Crippen LogP contribution < -0.4 is 9.47 Å². The Labute approximate surface area is 369 Å². The van der Waals surface area contributed by atoms with Crippen molar-refractivity contribution in [2.45, 2.75) is 107 Å². The van der Waals surface area contributed by atoms with Gasteiger partial charge in [-0.3, -0.25) is 0 Å². The van der Waals surface area contributed by atoms with Crippen LogP contribution in [0.15, 0.2) is 109 Å². The van der Waals surface area contributed by atoms with E-state index in [0.717, 1.165) is 110 Å². The molecule has 322 valence electrons. The van der Waals surface area contributed by atoms with Crippen LogP contribution in [0.1, 0.15) is 112 Å². The summed E-state index contributed by atoms with van der Waals surface area (Å²) >= 11 is 0. The molecule has 0 aliphatic rings. The minimum Gasteiger partial charge on any atom is -0.493 e. The van der Waals surface area contributed by atoms with E-state index in [0.29, 0.717) is 17.4 Å². The maximum Gasteiger partial charge on any atom is 0.335 e. The Balaban J connectivity index is 1.28. The van der Waals surface area contributed by atoms with Crippen molar-refractivity contribution >= 4 is 27.8 Å². The molecule has 1 aromatic heterocycles. The summed E-state index contributed by atoms with van der Waals surface area (Å²) in [6.07, 6.45) is 9.62. The number of ether oxygens (including phenoxy) is 2. The number of aromatic nitrogens is 1. The highest BCUT2D eigenvalue weighted by Crippen LogP contribution is 2.40. The molecular weight excluding hydrogens is 763 g/mol. The van der Waals surface area contributed by atoms with Crippen LogP contribution in [0.25, 0.3) is 60.9 Å². The van der Waals surface area contributed by atoms with Crippen LogP contribution in [0.5, 0.6) is 11.5 Å². The Morgan fingerprint density at radius 3 is 1.29 bits per heavy atom. The van der Waals surface area contributed by atoms with Gasteiger partial charge in [0.1, 0.15) is 11.5 Å². The predicted octanol–water partition coefficient (Wildman–Crippen LogP) is 15.9. The van der Waals surface area contributed by atoms with E-state index in [4.69, 9.17) is 9.47 Å². The van der Waals surface area contributed by atoms with Gasteiger partial charge in [-0.15, -0.1) is 0 Å². The lowest BCUT2D eigenvalue weighted by Gasteiger charge is -2.19. The highest BCUT2D eigenvalue weighted by atomic mass is 16.5. The quantitative estimate of drug-likeness (QED) is 0.0882. The van der Waals surface area contributed by atoms with Crippen LogP contribution in [-0.4, -0.2) is 28.9 Å². The highest BCUT2D eigenvalue weighted by molar-refractivity contribution is 6.11. The lowest BCUT2D eigenvalue weighted by atomic mass is 9.88. The third-order valence-electron chi connectivity index (χ3n) is 13.0. The fourth-order valence-corrected chi connectivity index (χ4v) is 9.32. The van der Waals surface area contributed by atoms with E-state index in [1.165, 1.54) is 49.3 Å². The summed E-state index contributed by atoms with van der Waals surface area (Å²) < 4.78 is 15.0. The second-order valence-corrected chi connectivity index (χ2v) is 17.5. The van der Waals surface area contributed by atoms with E-state index in [2.05, 4.69) is 143 Å². The molecule has 2 unspecified atom stereocenters. The molecule has 5 nitrogen and oxygen atoms in total. The number of aryl methyl sites for hydroxylation is 4. The number of hydrogen-bond acceptors (Lipinski definition) is 3. The average molecular weight is 828 g/mol. The molecule has 0 saturated carbocycles. The highest BCUT2D eigenvalue weighted by Gasteiger charge is 2.20. The number of carbonyl (C=O) groups is 1. The number of benzene rings is 6. The van der Waals surface area contributed by atoms with Crippen molar-refractivity contribution in [1.29, 1.82) is 0 Å². The predicted molar refractivity (Wildman–Crippen MR) is 261 cm³/mol. The fourth-order valence-electron chi connectivity index (χ4n) is 9.32. The monoisotopic (exact) mass is 827 g/mol. The third kappa shape index (κ3) is 9.63. The van der Waals surface area contributed by atoms with Crippen molar-refractivity contribution in [3.05, 3.63) is 137 Å². The Morgan fingerprint density at radius 1 is 0.532 bits per heavy atom. The minimum absolute atomic E-state index is 0.319. The van der Waals surface area contributed by atoms with E-state index in [1.54, 1.807) is 12.1 Å². The van der Waals surface area contributed by atoms with Crippen LogP contribution in [0.2, 0.25) is 0 Å². The molecular formula is C57H65NO4. The van der Waals surface area contributed by atoms with Crippen molar-refractivity contribution in [2.75, 3.05) is 13.2 Å². The first-order valence-corrected chi connectivity index (χ1v) is 23.0. The summed E-state index contributed by atoms with van der Waals surface area (Å²) in [5.41, 5.74) is 14.8. The van der Waals surface area contributed by atoms with Crippen molar-refractivity contribution in [2.24, 2.45) is 11.8 Å². The first-order chi connectivity index (χ1) is 30.0. The van der Waals surface area contributed by atoms with Gasteiger partial charge in [-0.05, 0) is 181 Å². The molecule has 0 aliphatic carbocycles. The zero-order chi connectivity index (χ0) is 43.9. The Hall–Kier alpha value is -5.81. The first-order valence-electron chi connectivity index (χ1n) is 23.0. The Bertz CT molecular complexity index is 2480. The molecule has 7 rings (SSSR count). The third-order valence-corrected chi connectivity index (χ3v) is 13.0. The van der Waals surface area contributed by atoms with Crippen LogP contribution >= 0.6 is 0 Å². The summed E-state index contributed by atoms with van der Waals surface area (Å²) in [7, 11) is 0. The molecule has 0 amide bonds. The zero-order valence-electron chi connectivity index (χ0n) is 38.2. The lowest BCUT2D eigenvalue weighted by Crippen LogP contribution is -2.11. The summed E-state index contributed by atoms with van der Waals surface area (Å²) in [5.74, 6) is 2.10. The van der Waals surface area contributed by atoms with Gasteiger partial charge >= 0.3 is 5.97 Å². The molecule has 1 N–H and O–H groups in total. The number of carboxylic acids is 1. The summed E-state index contributed by atoms with van der Waals surface area (Å²) in [6.45, 7) is 18.9. The molecule has 6 aromatic carbocycles. The second kappa shape index (κ2) is 19.9. The van der Waals surface area contributed by atoms with Crippen molar-refractivity contribution in [1.82, 2.24) is 4.57 Å². The van der Waals surface area contributed by atoms with Gasteiger partial charge in [0.15, 0.2) is 0 Å². The van der Waals surface area contributed by atoms with Gasteiger partial charge in [0.25, 0.3) is 0 Å². The van der Waals surface area contributed by atoms with Crippen LogP contribution in [0.3, 0.4) is 0 Å². The van der Waals surface area contributed by atoms with Gasteiger partial charge < -0.3 is 19.1 Å². The Kier molecular flexibility index (Phi) is 14.2. The molecule has 0 spiro atoms. The van der Waals surface area contributed by atoms with E-state index < -0.39 is 5.97 Å². The fraction of sp³-hybridized carbons (Fsp3) is 0.351. The van der Waals surface area contributed by atoms with Gasteiger partial charge in [0.2, 0.25) is 0 Å². The van der Waals surface area contributed by atoms with Crippen molar-refractivity contribution in [3.63, 3.8) is 0 Å². The zero-order valence-corrected chi connectivity index (χ0v) is 38.2. The SMILES string of the molecule is CCCCC(CC)COc1ccc(-c2ccc3c(c2)c2cc(-c4ccc(OCC(CC)CCCC)cc4)ccc2n3-c2cc(C)c(-c3c(C)cc(C(=O)O)cc3C)c(C)c2)cc1. The smallest absolute Gasteiger partial charge is 0.335 e. The molecule has 1 heterocycles. The molecule has 0 fully saturated rings. The van der Waals surface area contributed by atoms with Gasteiger partial charge in [0.05, 0.1) is 29.8 Å². The van der Waals surface area contributed by atoms with Crippen molar-refractivity contribution in [3.8, 4) is 50.6 Å². The number of carboxylic acid groups (broad SMARTS) is 1. The number of fused-ring (bicyclic) bond motifs is 3. The molecule has 5 heteroatoms. The number of unbranched alkanes of at least 4 members (excludes halogenated alkanes) is 2. The summed E-state index contributed by atoms with van der Waals surface area (Å²) in [4.78, 5) is 11.9. The minimum atomic E-state index is -0.905. The maximum absolute atomic E-state index is 11.9. The molecule has 0 bridgehead atoms. The van der Waals surface area contributed by atoms with E-state index in [1.807, 2.05) is 13.8 Å². The van der Waals surface area contributed by atoms with E-state index in [-0.39, 0.29) is 0 Å². The number of nitrogens with zero attached hydrogens (tertiary/aromatic N) is 1. The topological polar surface area (TPSA) is 60.7 Å².